The zero-order valence-corrected chi connectivity index (χ0v) is 12.4. The van der Waals surface area contributed by atoms with Crippen molar-refractivity contribution in [2.75, 3.05) is 5.75 Å². The Labute approximate surface area is 114 Å². The Morgan fingerprint density at radius 3 is 2.27 bits per heavy atom. The monoisotopic (exact) mass is 246 g/mol. The van der Waals surface area contributed by atoms with Crippen LogP contribution in [0, 0.1) is 0 Å². The first kappa shape index (κ1) is 18.2. The maximum atomic E-state index is 10.2. The van der Waals surface area contributed by atoms with Crippen molar-refractivity contribution in [3.8, 4) is 0 Å². The van der Waals surface area contributed by atoms with Crippen molar-refractivity contribution in [2.24, 2.45) is 0 Å². The molecule has 0 rings (SSSR count). The molecule has 6 heteroatoms. The van der Waals surface area contributed by atoms with E-state index < -0.39 is 10.1 Å². The van der Waals surface area contributed by atoms with Crippen molar-refractivity contribution in [3.63, 3.8) is 0 Å². The van der Waals surface area contributed by atoms with Gasteiger partial charge in [0.2, 0.25) is 0 Å². The average molecular weight is 246 g/mol. The van der Waals surface area contributed by atoms with Gasteiger partial charge in [0.1, 0.15) is 0 Å². The van der Waals surface area contributed by atoms with E-state index in [9.17, 15) is 18.1 Å². The van der Waals surface area contributed by atoms with Crippen LogP contribution in [0.3, 0.4) is 0 Å². The van der Waals surface area contributed by atoms with Gasteiger partial charge in [-0.3, -0.25) is 0 Å². The maximum absolute atomic E-state index is 10.2. The third-order valence-electron chi connectivity index (χ3n) is 2.05. The summed E-state index contributed by atoms with van der Waals surface area (Å²) in [5.74, 6) is -0.281. The van der Waals surface area contributed by atoms with Crippen molar-refractivity contribution in [1.82, 2.24) is 0 Å². The van der Waals surface area contributed by atoms with E-state index in [1.807, 2.05) is 6.92 Å². The molecule has 15 heavy (non-hydrogen) atoms. The van der Waals surface area contributed by atoms with Crippen molar-refractivity contribution in [1.29, 1.82) is 0 Å². The molecule has 0 saturated heterocycles. The van der Waals surface area contributed by atoms with Gasteiger partial charge in [-0.1, -0.05) is 26.2 Å². The van der Waals surface area contributed by atoms with Crippen LogP contribution < -0.4 is 29.6 Å². The van der Waals surface area contributed by atoms with Gasteiger partial charge in [-0.25, -0.2) is 8.42 Å². The van der Waals surface area contributed by atoms with Crippen molar-refractivity contribution < 1.29 is 47.6 Å². The largest absolute Gasteiger partial charge is 1.00 e. The average Bonchev–Trinajstić information content (AvgIpc) is 2.02. The first-order valence-electron chi connectivity index (χ1n) is 5.07. The van der Waals surface area contributed by atoms with E-state index >= 15 is 0 Å². The second-order valence-electron chi connectivity index (χ2n) is 3.55. The summed E-state index contributed by atoms with van der Waals surface area (Å²) in [6, 6.07) is 0. The Morgan fingerprint density at radius 2 is 1.80 bits per heavy atom. The van der Waals surface area contributed by atoms with Crippen molar-refractivity contribution in [2.45, 2.75) is 51.6 Å². The molecule has 0 radical (unpaired) electrons. The Bertz CT molecular complexity index is 228. The van der Waals surface area contributed by atoms with Gasteiger partial charge in [0.25, 0.3) is 0 Å². The topological polar surface area (TPSA) is 77.4 Å². The molecule has 0 fully saturated rings. The van der Waals surface area contributed by atoms with E-state index in [1.54, 1.807) is 0 Å². The fourth-order valence-corrected chi connectivity index (χ4v) is 1.87. The van der Waals surface area contributed by atoms with E-state index in [1.165, 1.54) is 0 Å². The van der Waals surface area contributed by atoms with Crippen LogP contribution in [0.4, 0.5) is 0 Å². The molecule has 0 saturated carbocycles. The molecular formula is C9H19NaO4S. The van der Waals surface area contributed by atoms with E-state index in [-0.39, 0.29) is 41.4 Å². The van der Waals surface area contributed by atoms with Gasteiger partial charge in [0.05, 0.1) is 16.2 Å². The number of aliphatic hydroxyl groups is 1. The van der Waals surface area contributed by atoms with Crippen molar-refractivity contribution in [3.05, 3.63) is 0 Å². The molecule has 0 aliphatic carbocycles. The van der Waals surface area contributed by atoms with Gasteiger partial charge in [0.15, 0.2) is 0 Å². The normalized spacial score (nSPS) is 13.3. The fourth-order valence-electron chi connectivity index (χ4n) is 1.31. The third-order valence-corrected chi connectivity index (χ3v) is 2.84. The van der Waals surface area contributed by atoms with E-state index in [0.29, 0.717) is 19.3 Å². The Kier molecular flexibility index (Phi) is 12.2. The molecule has 0 aliphatic heterocycles. The first-order valence-corrected chi connectivity index (χ1v) is 6.65. The molecule has 0 aromatic carbocycles. The van der Waals surface area contributed by atoms with Crippen LogP contribution >= 0.6 is 0 Å². The Balaban J connectivity index is 0. The smallest absolute Gasteiger partial charge is 0.748 e. The molecule has 0 amide bonds. The van der Waals surface area contributed by atoms with Crippen LogP contribution in [0.15, 0.2) is 0 Å². The quantitative estimate of drug-likeness (QED) is 0.313. The third kappa shape index (κ3) is 14.9. The van der Waals surface area contributed by atoms with E-state index in [2.05, 4.69) is 0 Å². The van der Waals surface area contributed by atoms with E-state index in [0.717, 1.165) is 19.3 Å². The first-order chi connectivity index (χ1) is 6.45. The Hall–Kier alpha value is 0.870. The minimum atomic E-state index is -4.05. The molecule has 1 N–H and O–H groups in total. The fraction of sp³-hybridized carbons (Fsp3) is 1.00. The van der Waals surface area contributed by atoms with Crippen LogP contribution in [-0.2, 0) is 10.1 Å². The summed E-state index contributed by atoms with van der Waals surface area (Å²) in [7, 11) is -4.05. The summed E-state index contributed by atoms with van der Waals surface area (Å²) in [6.07, 6.45) is 4.07. The summed E-state index contributed by atoms with van der Waals surface area (Å²) in [5.41, 5.74) is 0. The zero-order chi connectivity index (χ0) is 11.0. The predicted octanol–water partition coefficient (Wildman–Crippen LogP) is -1.74. The molecule has 0 bridgehead atoms. The van der Waals surface area contributed by atoms with Gasteiger partial charge >= 0.3 is 29.6 Å². The SMILES string of the molecule is CCCC(O)CCCCCS(=O)(=O)[O-].[Na+]. The zero-order valence-electron chi connectivity index (χ0n) is 9.61. The minimum Gasteiger partial charge on any atom is -0.748 e. The molecule has 86 valence electrons. The second-order valence-corrected chi connectivity index (χ2v) is 5.08. The second kappa shape index (κ2) is 10.1. The number of aliphatic hydroxyl groups excluding tert-OH is 1. The van der Waals surface area contributed by atoms with Gasteiger partial charge in [-0.05, 0) is 19.3 Å². The summed E-state index contributed by atoms with van der Waals surface area (Å²) in [4.78, 5) is 0. The standard InChI is InChI=1S/C9H20O4S.Na/c1-2-6-9(10)7-4-3-5-8-14(11,12)13;/h9-10H,2-8H2,1H3,(H,11,12,13);/q;+1/p-1. The molecule has 4 nitrogen and oxygen atoms in total. The van der Waals surface area contributed by atoms with Crippen LogP contribution in [0.1, 0.15) is 45.4 Å². The molecule has 1 unspecified atom stereocenters. The van der Waals surface area contributed by atoms with Gasteiger partial charge in [0, 0.05) is 5.75 Å². The Morgan fingerprint density at radius 1 is 1.20 bits per heavy atom. The molecule has 0 spiro atoms. The number of rotatable bonds is 8. The van der Waals surface area contributed by atoms with Crippen molar-refractivity contribution >= 4 is 10.1 Å². The van der Waals surface area contributed by atoms with Crippen LogP contribution in [0.5, 0.6) is 0 Å². The maximum Gasteiger partial charge on any atom is 1.00 e. The molecule has 0 aromatic rings. The minimum absolute atomic E-state index is 0. The predicted molar refractivity (Wildman–Crippen MR) is 53.9 cm³/mol. The molecule has 0 aliphatic rings. The van der Waals surface area contributed by atoms with Gasteiger partial charge in [-0.15, -0.1) is 0 Å². The summed E-state index contributed by atoms with van der Waals surface area (Å²) >= 11 is 0. The number of hydrogen-bond donors (Lipinski definition) is 1. The molecular weight excluding hydrogens is 227 g/mol. The summed E-state index contributed by atoms with van der Waals surface area (Å²) < 4.78 is 30.7. The van der Waals surface area contributed by atoms with Crippen LogP contribution in [-0.4, -0.2) is 29.9 Å². The van der Waals surface area contributed by atoms with Gasteiger partial charge in [-0.2, -0.15) is 0 Å². The van der Waals surface area contributed by atoms with Crippen LogP contribution in [0.25, 0.3) is 0 Å². The van der Waals surface area contributed by atoms with Gasteiger partial charge < -0.3 is 9.66 Å². The summed E-state index contributed by atoms with van der Waals surface area (Å²) in [5, 5.41) is 9.33. The number of hydrogen-bond acceptors (Lipinski definition) is 4. The molecule has 0 aromatic heterocycles. The van der Waals surface area contributed by atoms with E-state index in [4.69, 9.17) is 0 Å². The van der Waals surface area contributed by atoms with Crippen LogP contribution in [0.2, 0.25) is 0 Å². The molecule has 1 atom stereocenters. The molecule has 0 heterocycles. The number of unbranched alkanes of at least 4 members (excludes halogenated alkanes) is 2. The summed E-state index contributed by atoms with van der Waals surface area (Å²) in [6.45, 7) is 2.01.